The SMILES string of the molecule is Clc1cc(Br)ccc1OC1COC1. The average Bonchev–Trinajstić information content (AvgIpc) is 1.99. The Labute approximate surface area is 89.9 Å². The fourth-order valence-electron chi connectivity index (χ4n) is 1.03. The molecule has 0 aromatic heterocycles. The van der Waals surface area contributed by atoms with Gasteiger partial charge in [-0.25, -0.2) is 0 Å². The Hall–Kier alpha value is -0.250. The van der Waals surface area contributed by atoms with Gasteiger partial charge in [-0.2, -0.15) is 0 Å². The molecule has 0 radical (unpaired) electrons. The molecule has 13 heavy (non-hydrogen) atoms. The van der Waals surface area contributed by atoms with E-state index in [1.807, 2.05) is 18.2 Å². The molecular formula is C9H8BrClO2. The van der Waals surface area contributed by atoms with Crippen molar-refractivity contribution < 1.29 is 9.47 Å². The van der Waals surface area contributed by atoms with Crippen LogP contribution in [0.3, 0.4) is 0 Å². The molecule has 0 bridgehead atoms. The molecule has 1 aromatic rings. The van der Waals surface area contributed by atoms with Gasteiger partial charge in [0.15, 0.2) is 0 Å². The van der Waals surface area contributed by atoms with Gasteiger partial charge in [-0.3, -0.25) is 0 Å². The predicted octanol–water partition coefficient (Wildman–Crippen LogP) is 2.88. The largest absolute Gasteiger partial charge is 0.484 e. The van der Waals surface area contributed by atoms with Crippen molar-refractivity contribution in [1.82, 2.24) is 0 Å². The van der Waals surface area contributed by atoms with Gasteiger partial charge in [0, 0.05) is 4.47 Å². The molecule has 0 N–H and O–H groups in total. The van der Waals surface area contributed by atoms with Gasteiger partial charge in [-0.1, -0.05) is 27.5 Å². The Morgan fingerprint density at radius 1 is 1.46 bits per heavy atom. The number of ether oxygens (including phenoxy) is 2. The number of hydrogen-bond acceptors (Lipinski definition) is 2. The van der Waals surface area contributed by atoms with E-state index >= 15 is 0 Å². The minimum absolute atomic E-state index is 0.165. The first kappa shape index (κ1) is 9.31. The summed E-state index contributed by atoms with van der Waals surface area (Å²) in [7, 11) is 0. The molecular weight excluding hydrogens is 255 g/mol. The van der Waals surface area contributed by atoms with E-state index in [1.165, 1.54) is 0 Å². The Balaban J connectivity index is 2.10. The Morgan fingerprint density at radius 2 is 2.23 bits per heavy atom. The zero-order chi connectivity index (χ0) is 9.26. The summed E-state index contributed by atoms with van der Waals surface area (Å²) in [5.74, 6) is 0.721. The minimum atomic E-state index is 0.165. The average molecular weight is 264 g/mol. The molecule has 0 aliphatic carbocycles. The van der Waals surface area contributed by atoms with Crippen LogP contribution in [-0.2, 0) is 4.74 Å². The first-order chi connectivity index (χ1) is 6.25. The van der Waals surface area contributed by atoms with E-state index < -0.39 is 0 Å². The molecule has 2 nitrogen and oxygen atoms in total. The lowest BCUT2D eigenvalue weighted by atomic mass is 10.3. The van der Waals surface area contributed by atoms with Gasteiger partial charge in [0.1, 0.15) is 11.9 Å². The highest BCUT2D eigenvalue weighted by molar-refractivity contribution is 9.10. The first-order valence-electron chi connectivity index (χ1n) is 3.95. The Morgan fingerprint density at radius 3 is 2.77 bits per heavy atom. The summed E-state index contributed by atoms with van der Waals surface area (Å²) in [6.45, 7) is 1.32. The van der Waals surface area contributed by atoms with Crippen LogP contribution >= 0.6 is 27.5 Å². The smallest absolute Gasteiger partial charge is 0.145 e. The predicted molar refractivity (Wildman–Crippen MR) is 54.4 cm³/mol. The lowest BCUT2D eigenvalue weighted by Gasteiger charge is -2.27. The van der Waals surface area contributed by atoms with Crippen LogP contribution in [0.15, 0.2) is 22.7 Å². The molecule has 4 heteroatoms. The molecule has 1 aliphatic rings. The topological polar surface area (TPSA) is 18.5 Å². The van der Waals surface area contributed by atoms with Crippen LogP contribution in [0, 0.1) is 0 Å². The summed E-state index contributed by atoms with van der Waals surface area (Å²) in [4.78, 5) is 0. The van der Waals surface area contributed by atoms with Gasteiger partial charge < -0.3 is 9.47 Å². The maximum absolute atomic E-state index is 5.96. The third kappa shape index (κ3) is 2.16. The van der Waals surface area contributed by atoms with Gasteiger partial charge in [0.05, 0.1) is 18.2 Å². The number of benzene rings is 1. The maximum atomic E-state index is 5.96. The third-order valence-electron chi connectivity index (χ3n) is 1.80. The number of halogens is 2. The number of hydrogen-bond donors (Lipinski definition) is 0. The molecule has 1 fully saturated rings. The van der Waals surface area contributed by atoms with E-state index in [9.17, 15) is 0 Å². The Bertz CT molecular complexity index is 312. The van der Waals surface area contributed by atoms with E-state index in [0.29, 0.717) is 18.2 Å². The highest BCUT2D eigenvalue weighted by Crippen LogP contribution is 2.29. The molecule has 0 atom stereocenters. The molecule has 1 heterocycles. The zero-order valence-electron chi connectivity index (χ0n) is 6.80. The van der Waals surface area contributed by atoms with E-state index in [1.54, 1.807) is 0 Å². The van der Waals surface area contributed by atoms with Gasteiger partial charge >= 0.3 is 0 Å². The minimum Gasteiger partial charge on any atom is -0.484 e. The molecule has 0 unspecified atom stereocenters. The molecule has 2 rings (SSSR count). The number of rotatable bonds is 2. The van der Waals surface area contributed by atoms with Crippen molar-refractivity contribution in [1.29, 1.82) is 0 Å². The summed E-state index contributed by atoms with van der Waals surface area (Å²) in [6, 6.07) is 5.57. The molecule has 70 valence electrons. The van der Waals surface area contributed by atoms with Gasteiger partial charge in [-0.05, 0) is 18.2 Å². The van der Waals surface area contributed by atoms with Gasteiger partial charge in [0.25, 0.3) is 0 Å². The van der Waals surface area contributed by atoms with E-state index in [0.717, 1.165) is 10.2 Å². The summed E-state index contributed by atoms with van der Waals surface area (Å²) in [6.07, 6.45) is 0.165. The molecule has 1 aromatic carbocycles. The quantitative estimate of drug-likeness (QED) is 0.817. The van der Waals surface area contributed by atoms with Crippen molar-refractivity contribution in [3.8, 4) is 5.75 Å². The van der Waals surface area contributed by atoms with Crippen LogP contribution < -0.4 is 4.74 Å². The molecule has 0 amide bonds. The van der Waals surface area contributed by atoms with Crippen LogP contribution in [-0.4, -0.2) is 19.3 Å². The third-order valence-corrected chi connectivity index (χ3v) is 2.58. The van der Waals surface area contributed by atoms with Crippen LogP contribution in [0.1, 0.15) is 0 Å². The standard InChI is InChI=1S/C9H8BrClO2/c10-6-1-2-9(8(11)3-6)13-7-4-12-5-7/h1-3,7H,4-5H2. The first-order valence-corrected chi connectivity index (χ1v) is 5.12. The van der Waals surface area contributed by atoms with E-state index in [-0.39, 0.29) is 6.10 Å². The lowest BCUT2D eigenvalue weighted by Crippen LogP contribution is -2.38. The van der Waals surface area contributed by atoms with Gasteiger partial charge in [-0.15, -0.1) is 0 Å². The second kappa shape index (κ2) is 3.86. The fourth-order valence-corrected chi connectivity index (χ4v) is 1.75. The summed E-state index contributed by atoms with van der Waals surface area (Å²) in [5.41, 5.74) is 0. The monoisotopic (exact) mass is 262 g/mol. The summed E-state index contributed by atoms with van der Waals surface area (Å²) in [5, 5.41) is 0.626. The lowest BCUT2D eigenvalue weighted by molar-refractivity contribution is -0.0796. The van der Waals surface area contributed by atoms with Crippen LogP contribution in [0.4, 0.5) is 0 Å². The highest BCUT2D eigenvalue weighted by Gasteiger charge is 2.20. The summed E-state index contributed by atoms with van der Waals surface area (Å²) < 4.78 is 11.5. The molecule has 1 saturated heterocycles. The normalized spacial score (nSPS) is 16.8. The van der Waals surface area contributed by atoms with Crippen LogP contribution in [0.25, 0.3) is 0 Å². The van der Waals surface area contributed by atoms with Crippen molar-refractivity contribution in [2.45, 2.75) is 6.10 Å². The van der Waals surface area contributed by atoms with Crippen LogP contribution in [0.2, 0.25) is 5.02 Å². The zero-order valence-corrected chi connectivity index (χ0v) is 9.14. The molecule has 1 aliphatic heterocycles. The highest BCUT2D eigenvalue weighted by atomic mass is 79.9. The van der Waals surface area contributed by atoms with Crippen molar-refractivity contribution in [2.75, 3.05) is 13.2 Å². The molecule has 0 spiro atoms. The summed E-state index contributed by atoms with van der Waals surface area (Å²) >= 11 is 9.29. The molecule has 0 saturated carbocycles. The van der Waals surface area contributed by atoms with Gasteiger partial charge in [0.2, 0.25) is 0 Å². The second-order valence-corrected chi connectivity index (χ2v) is 4.17. The van der Waals surface area contributed by atoms with Crippen molar-refractivity contribution in [2.24, 2.45) is 0 Å². The van der Waals surface area contributed by atoms with Crippen molar-refractivity contribution in [3.05, 3.63) is 27.7 Å². The van der Waals surface area contributed by atoms with E-state index in [2.05, 4.69) is 15.9 Å². The van der Waals surface area contributed by atoms with Crippen LogP contribution in [0.5, 0.6) is 5.75 Å². The second-order valence-electron chi connectivity index (χ2n) is 2.85. The van der Waals surface area contributed by atoms with Crippen molar-refractivity contribution in [3.63, 3.8) is 0 Å². The Kier molecular flexibility index (Phi) is 2.77. The van der Waals surface area contributed by atoms with E-state index in [4.69, 9.17) is 21.1 Å². The maximum Gasteiger partial charge on any atom is 0.145 e. The fraction of sp³-hybridized carbons (Fsp3) is 0.333. The van der Waals surface area contributed by atoms with Crippen molar-refractivity contribution >= 4 is 27.5 Å².